The summed E-state index contributed by atoms with van der Waals surface area (Å²) >= 11 is 0. The molecule has 1 aliphatic rings. The van der Waals surface area contributed by atoms with Gasteiger partial charge in [0.15, 0.2) is 18.2 Å². The highest BCUT2D eigenvalue weighted by Gasteiger charge is 2.20. The molecular weight excluding hydrogens is 278 g/mol. The molecule has 0 aromatic heterocycles. The quantitative estimate of drug-likeness (QED) is 0.892. The van der Waals surface area contributed by atoms with Crippen LogP contribution in [0.2, 0.25) is 0 Å². The lowest BCUT2D eigenvalue weighted by molar-refractivity contribution is -0.118. The van der Waals surface area contributed by atoms with Crippen LogP contribution in [0.25, 0.3) is 0 Å². The molecule has 6 heteroatoms. The fourth-order valence-corrected chi connectivity index (χ4v) is 2.23. The van der Waals surface area contributed by atoms with E-state index in [0.717, 1.165) is 6.07 Å². The first-order valence-corrected chi connectivity index (χ1v) is 6.32. The number of carbonyl (C=O) groups is 1. The maximum Gasteiger partial charge on any atom is 0.262 e. The van der Waals surface area contributed by atoms with Gasteiger partial charge in [-0.1, -0.05) is 18.2 Å². The second kappa shape index (κ2) is 5.14. The molecule has 1 amide bonds. The Morgan fingerprint density at radius 1 is 1.24 bits per heavy atom. The Morgan fingerprint density at radius 3 is 2.86 bits per heavy atom. The number of nitrogens with two attached hydrogens (primary N) is 1. The minimum Gasteiger partial charge on any atom is -0.482 e. The number of amides is 1. The minimum absolute atomic E-state index is 0.0447. The normalized spacial score (nSPS) is 14.9. The molecule has 1 heterocycles. The van der Waals surface area contributed by atoms with Gasteiger partial charge >= 0.3 is 0 Å². The zero-order valence-electron chi connectivity index (χ0n) is 10.9. The van der Waals surface area contributed by atoms with E-state index in [-0.39, 0.29) is 18.1 Å². The molecular formula is C15H12F2N2O2. The largest absolute Gasteiger partial charge is 0.482 e. The Balaban J connectivity index is 1.98. The van der Waals surface area contributed by atoms with Gasteiger partial charge in [0.2, 0.25) is 0 Å². The van der Waals surface area contributed by atoms with E-state index in [1.165, 1.54) is 12.1 Å². The van der Waals surface area contributed by atoms with E-state index in [0.29, 0.717) is 17.0 Å². The van der Waals surface area contributed by atoms with Crippen LogP contribution in [0.4, 0.5) is 14.5 Å². The van der Waals surface area contributed by atoms with E-state index < -0.39 is 17.7 Å². The zero-order chi connectivity index (χ0) is 15.0. The number of hydrogen-bond acceptors (Lipinski definition) is 3. The van der Waals surface area contributed by atoms with Crippen molar-refractivity contribution in [3.63, 3.8) is 0 Å². The first-order chi connectivity index (χ1) is 10.1. The molecule has 0 spiro atoms. The molecule has 0 saturated heterocycles. The molecule has 2 aromatic carbocycles. The Kier molecular flexibility index (Phi) is 3.31. The monoisotopic (exact) mass is 290 g/mol. The number of carbonyl (C=O) groups excluding carboxylic acids is 1. The molecule has 3 N–H and O–H groups in total. The standard InChI is InChI=1S/C15H12F2N2O2/c16-10-3-1-2-9(14(10)17)15(18)8-4-5-12-11(6-8)19-13(20)7-21-12/h1-6,15H,7,18H2,(H,19,20). The highest BCUT2D eigenvalue weighted by Crippen LogP contribution is 2.32. The highest BCUT2D eigenvalue weighted by atomic mass is 19.2. The molecule has 1 unspecified atom stereocenters. The van der Waals surface area contributed by atoms with Crippen molar-refractivity contribution in [3.05, 3.63) is 59.2 Å². The summed E-state index contributed by atoms with van der Waals surface area (Å²) in [5.41, 5.74) is 7.06. The molecule has 3 rings (SSSR count). The average Bonchev–Trinajstić information content (AvgIpc) is 2.48. The number of anilines is 1. The van der Waals surface area contributed by atoms with E-state index >= 15 is 0 Å². The highest BCUT2D eigenvalue weighted by molar-refractivity contribution is 5.95. The molecule has 0 bridgehead atoms. The molecule has 4 nitrogen and oxygen atoms in total. The maximum atomic E-state index is 13.8. The number of hydrogen-bond donors (Lipinski definition) is 2. The van der Waals surface area contributed by atoms with Gasteiger partial charge in [0, 0.05) is 5.56 Å². The van der Waals surface area contributed by atoms with Crippen molar-refractivity contribution in [2.75, 3.05) is 11.9 Å². The Hall–Kier alpha value is -2.47. The lowest BCUT2D eigenvalue weighted by Gasteiger charge is -2.20. The van der Waals surface area contributed by atoms with Crippen LogP contribution in [-0.2, 0) is 4.79 Å². The summed E-state index contributed by atoms with van der Waals surface area (Å²) in [5.74, 6) is -1.67. The fraction of sp³-hybridized carbons (Fsp3) is 0.133. The number of benzene rings is 2. The molecule has 1 atom stereocenters. The van der Waals surface area contributed by atoms with Crippen LogP contribution in [0.1, 0.15) is 17.2 Å². The third-order valence-electron chi connectivity index (χ3n) is 3.31. The molecule has 0 saturated carbocycles. The van der Waals surface area contributed by atoms with Crippen LogP contribution in [0, 0.1) is 11.6 Å². The van der Waals surface area contributed by atoms with Crippen molar-refractivity contribution in [2.45, 2.75) is 6.04 Å². The van der Waals surface area contributed by atoms with Crippen molar-refractivity contribution >= 4 is 11.6 Å². The van der Waals surface area contributed by atoms with E-state index in [1.54, 1.807) is 18.2 Å². The first-order valence-electron chi connectivity index (χ1n) is 6.32. The summed E-state index contributed by atoms with van der Waals surface area (Å²) in [6, 6.07) is 7.92. The first kappa shape index (κ1) is 13.5. The van der Waals surface area contributed by atoms with Gasteiger partial charge in [-0.3, -0.25) is 4.79 Å². The van der Waals surface area contributed by atoms with Crippen LogP contribution in [0.15, 0.2) is 36.4 Å². The number of rotatable bonds is 2. The fourth-order valence-electron chi connectivity index (χ4n) is 2.23. The molecule has 21 heavy (non-hydrogen) atoms. The molecule has 0 aliphatic carbocycles. The number of halogens is 2. The second-order valence-corrected chi connectivity index (χ2v) is 4.71. The number of fused-ring (bicyclic) bond motifs is 1. The van der Waals surface area contributed by atoms with Crippen LogP contribution >= 0.6 is 0 Å². The van der Waals surface area contributed by atoms with Crippen molar-refractivity contribution < 1.29 is 18.3 Å². The van der Waals surface area contributed by atoms with E-state index in [4.69, 9.17) is 10.5 Å². The van der Waals surface area contributed by atoms with Gasteiger partial charge in [-0.25, -0.2) is 8.78 Å². The maximum absolute atomic E-state index is 13.8. The predicted octanol–water partition coefficient (Wildman–Crippen LogP) is 2.34. The van der Waals surface area contributed by atoms with E-state index in [1.807, 2.05) is 0 Å². The Morgan fingerprint density at radius 2 is 2.05 bits per heavy atom. The van der Waals surface area contributed by atoms with Gasteiger partial charge in [0.25, 0.3) is 5.91 Å². The van der Waals surface area contributed by atoms with Crippen LogP contribution < -0.4 is 15.8 Å². The Labute approximate surface area is 119 Å². The SMILES string of the molecule is NC(c1ccc2c(c1)NC(=O)CO2)c1cccc(F)c1F. The van der Waals surface area contributed by atoms with Gasteiger partial charge < -0.3 is 15.8 Å². The summed E-state index contributed by atoms with van der Waals surface area (Å²) in [5, 5.41) is 2.65. The Bertz CT molecular complexity index is 719. The van der Waals surface area contributed by atoms with Crippen LogP contribution in [0.5, 0.6) is 5.75 Å². The third kappa shape index (κ3) is 2.45. The second-order valence-electron chi connectivity index (χ2n) is 4.71. The van der Waals surface area contributed by atoms with Crippen molar-refractivity contribution in [2.24, 2.45) is 5.73 Å². The molecule has 1 aliphatic heterocycles. The van der Waals surface area contributed by atoms with Gasteiger partial charge in [-0.2, -0.15) is 0 Å². The van der Waals surface area contributed by atoms with Crippen molar-refractivity contribution in [1.29, 1.82) is 0 Å². The van der Waals surface area contributed by atoms with Gasteiger partial charge in [-0.05, 0) is 23.8 Å². The molecule has 0 radical (unpaired) electrons. The van der Waals surface area contributed by atoms with E-state index in [2.05, 4.69) is 5.32 Å². The predicted molar refractivity (Wildman–Crippen MR) is 73.0 cm³/mol. The molecule has 0 fully saturated rings. The smallest absolute Gasteiger partial charge is 0.262 e. The van der Waals surface area contributed by atoms with Gasteiger partial charge in [-0.15, -0.1) is 0 Å². The van der Waals surface area contributed by atoms with E-state index in [9.17, 15) is 13.6 Å². The van der Waals surface area contributed by atoms with Crippen LogP contribution in [-0.4, -0.2) is 12.5 Å². The summed E-state index contributed by atoms with van der Waals surface area (Å²) in [7, 11) is 0. The number of ether oxygens (including phenoxy) is 1. The topological polar surface area (TPSA) is 64.3 Å². The van der Waals surface area contributed by atoms with Crippen molar-refractivity contribution in [3.8, 4) is 5.75 Å². The minimum atomic E-state index is -0.969. The third-order valence-corrected chi connectivity index (χ3v) is 3.31. The van der Waals surface area contributed by atoms with Crippen LogP contribution in [0.3, 0.4) is 0 Å². The lowest BCUT2D eigenvalue weighted by atomic mass is 9.98. The summed E-state index contributed by atoms with van der Waals surface area (Å²) in [4.78, 5) is 11.3. The zero-order valence-corrected chi connectivity index (χ0v) is 10.9. The summed E-state index contributed by atoms with van der Waals surface area (Å²) < 4.78 is 32.3. The van der Waals surface area contributed by atoms with Gasteiger partial charge in [0.1, 0.15) is 5.75 Å². The van der Waals surface area contributed by atoms with Gasteiger partial charge in [0.05, 0.1) is 11.7 Å². The summed E-state index contributed by atoms with van der Waals surface area (Å²) in [6.07, 6.45) is 0. The summed E-state index contributed by atoms with van der Waals surface area (Å²) in [6.45, 7) is -0.0447. The molecule has 108 valence electrons. The number of nitrogens with one attached hydrogen (secondary N) is 1. The lowest BCUT2D eigenvalue weighted by Crippen LogP contribution is -2.25. The van der Waals surface area contributed by atoms with Crippen molar-refractivity contribution in [1.82, 2.24) is 0 Å². The average molecular weight is 290 g/mol. The molecule has 2 aromatic rings.